The minimum Gasteiger partial charge on any atom is -0.398 e. The SMILES string of the molecule is Cc1ccc(C(=O)Nc2ccc(Br)c(C)n2)cc1N. The van der Waals surface area contributed by atoms with Crippen molar-refractivity contribution < 1.29 is 4.79 Å². The lowest BCUT2D eigenvalue weighted by Crippen LogP contribution is -2.13. The van der Waals surface area contributed by atoms with Crippen molar-refractivity contribution in [2.75, 3.05) is 11.1 Å². The number of amides is 1. The van der Waals surface area contributed by atoms with E-state index in [4.69, 9.17) is 5.73 Å². The molecule has 0 aliphatic rings. The summed E-state index contributed by atoms with van der Waals surface area (Å²) in [5.74, 6) is 0.297. The van der Waals surface area contributed by atoms with Gasteiger partial charge in [0.1, 0.15) is 5.82 Å². The van der Waals surface area contributed by atoms with Gasteiger partial charge < -0.3 is 11.1 Å². The highest BCUT2D eigenvalue weighted by molar-refractivity contribution is 9.10. The van der Waals surface area contributed by atoms with Crippen molar-refractivity contribution in [3.63, 3.8) is 0 Å². The van der Waals surface area contributed by atoms with Crippen LogP contribution in [-0.4, -0.2) is 10.9 Å². The Morgan fingerprint density at radius 3 is 2.63 bits per heavy atom. The third kappa shape index (κ3) is 3.12. The molecule has 1 aromatic carbocycles. The van der Waals surface area contributed by atoms with E-state index < -0.39 is 0 Å². The molecule has 0 bridgehead atoms. The molecular weight excluding hydrogens is 306 g/mol. The van der Waals surface area contributed by atoms with Gasteiger partial charge in [-0.2, -0.15) is 0 Å². The lowest BCUT2D eigenvalue weighted by atomic mass is 10.1. The van der Waals surface area contributed by atoms with E-state index in [0.29, 0.717) is 17.1 Å². The van der Waals surface area contributed by atoms with Gasteiger partial charge in [-0.1, -0.05) is 6.07 Å². The maximum absolute atomic E-state index is 12.1. The number of anilines is 2. The summed E-state index contributed by atoms with van der Waals surface area (Å²) in [6, 6.07) is 8.82. The van der Waals surface area contributed by atoms with Crippen molar-refractivity contribution in [1.29, 1.82) is 0 Å². The fraction of sp³-hybridized carbons (Fsp3) is 0.143. The molecule has 1 heterocycles. The fourth-order valence-corrected chi connectivity index (χ4v) is 1.80. The first-order chi connectivity index (χ1) is 8.97. The summed E-state index contributed by atoms with van der Waals surface area (Å²) in [5.41, 5.74) is 8.69. The largest absolute Gasteiger partial charge is 0.398 e. The van der Waals surface area contributed by atoms with Crippen LogP contribution in [0.5, 0.6) is 0 Å². The number of hydrogen-bond acceptors (Lipinski definition) is 3. The first-order valence-corrected chi connectivity index (χ1v) is 6.57. The van der Waals surface area contributed by atoms with Crippen LogP contribution >= 0.6 is 15.9 Å². The molecule has 0 atom stereocenters. The van der Waals surface area contributed by atoms with E-state index in [1.54, 1.807) is 18.2 Å². The maximum atomic E-state index is 12.1. The van der Waals surface area contributed by atoms with Crippen LogP contribution in [0.25, 0.3) is 0 Å². The molecule has 2 rings (SSSR count). The van der Waals surface area contributed by atoms with Gasteiger partial charge in [-0.3, -0.25) is 4.79 Å². The molecule has 3 N–H and O–H groups in total. The van der Waals surface area contributed by atoms with E-state index in [9.17, 15) is 4.79 Å². The second-order valence-corrected chi connectivity index (χ2v) is 5.14. The third-order valence-electron chi connectivity index (χ3n) is 2.80. The number of halogens is 1. The molecule has 1 aromatic heterocycles. The standard InChI is InChI=1S/C14H14BrN3O/c1-8-3-4-10(7-12(8)16)14(19)18-13-6-5-11(15)9(2)17-13/h3-7H,16H2,1-2H3,(H,17,18,19). The molecule has 4 nitrogen and oxygen atoms in total. The van der Waals surface area contributed by atoms with Crippen molar-refractivity contribution in [2.24, 2.45) is 0 Å². The molecule has 0 fully saturated rings. The topological polar surface area (TPSA) is 68.0 Å². The first kappa shape index (κ1) is 13.5. The van der Waals surface area contributed by atoms with Crippen molar-refractivity contribution in [3.8, 4) is 0 Å². The zero-order chi connectivity index (χ0) is 14.0. The van der Waals surface area contributed by atoms with Gasteiger partial charge in [0.15, 0.2) is 0 Å². The molecule has 0 aliphatic carbocycles. The summed E-state index contributed by atoms with van der Waals surface area (Å²) in [6.45, 7) is 3.76. The summed E-state index contributed by atoms with van der Waals surface area (Å²) in [4.78, 5) is 16.3. The smallest absolute Gasteiger partial charge is 0.256 e. The van der Waals surface area contributed by atoms with Crippen molar-refractivity contribution in [2.45, 2.75) is 13.8 Å². The Labute approximate surface area is 120 Å². The first-order valence-electron chi connectivity index (χ1n) is 5.78. The molecule has 19 heavy (non-hydrogen) atoms. The predicted octanol–water partition coefficient (Wildman–Crippen LogP) is 3.30. The number of carbonyl (C=O) groups excluding carboxylic acids is 1. The van der Waals surface area contributed by atoms with E-state index in [-0.39, 0.29) is 5.91 Å². The molecule has 0 saturated heterocycles. The lowest BCUT2D eigenvalue weighted by molar-refractivity contribution is 0.102. The van der Waals surface area contributed by atoms with Crippen molar-refractivity contribution in [3.05, 3.63) is 51.6 Å². The second kappa shape index (κ2) is 5.40. The normalized spacial score (nSPS) is 10.3. The Hall–Kier alpha value is -1.88. The quantitative estimate of drug-likeness (QED) is 0.834. The number of hydrogen-bond donors (Lipinski definition) is 2. The van der Waals surface area contributed by atoms with Gasteiger partial charge in [-0.25, -0.2) is 4.98 Å². The molecule has 0 saturated carbocycles. The average molecular weight is 320 g/mol. The van der Waals surface area contributed by atoms with E-state index in [0.717, 1.165) is 15.7 Å². The van der Waals surface area contributed by atoms with Crippen molar-refractivity contribution >= 4 is 33.3 Å². The van der Waals surface area contributed by atoms with Gasteiger partial charge in [0.2, 0.25) is 0 Å². The molecule has 5 heteroatoms. The maximum Gasteiger partial charge on any atom is 0.256 e. The van der Waals surface area contributed by atoms with Gasteiger partial charge in [-0.05, 0) is 59.6 Å². The Kier molecular flexibility index (Phi) is 3.85. The molecule has 2 aromatic rings. The number of nitrogens with one attached hydrogen (secondary N) is 1. The summed E-state index contributed by atoms with van der Waals surface area (Å²) < 4.78 is 0.907. The number of nitrogen functional groups attached to an aromatic ring is 1. The number of aromatic nitrogens is 1. The number of carbonyl (C=O) groups is 1. The minimum absolute atomic E-state index is 0.221. The number of rotatable bonds is 2. The van der Waals surface area contributed by atoms with Gasteiger partial charge in [0.05, 0.1) is 5.69 Å². The molecule has 0 spiro atoms. The number of nitrogens with zero attached hydrogens (tertiary/aromatic N) is 1. The highest BCUT2D eigenvalue weighted by atomic mass is 79.9. The van der Waals surface area contributed by atoms with Crippen LogP contribution in [0.2, 0.25) is 0 Å². The van der Waals surface area contributed by atoms with Crippen LogP contribution in [-0.2, 0) is 0 Å². The van der Waals surface area contributed by atoms with Gasteiger partial charge in [-0.15, -0.1) is 0 Å². The number of nitrogens with two attached hydrogens (primary N) is 1. The van der Waals surface area contributed by atoms with Crippen LogP contribution in [0.4, 0.5) is 11.5 Å². The highest BCUT2D eigenvalue weighted by Crippen LogP contribution is 2.18. The van der Waals surface area contributed by atoms with E-state index in [2.05, 4.69) is 26.2 Å². The predicted molar refractivity (Wildman–Crippen MR) is 80.2 cm³/mol. The lowest BCUT2D eigenvalue weighted by Gasteiger charge is -2.07. The van der Waals surface area contributed by atoms with Gasteiger partial charge in [0.25, 0.3) is 5.91 Å². The van der Waals surface area contributed by atoms with Gasteiger partial charge >= 0.3 is 0 Å². The molecule has 0 aliphatic heterocycles. The summed E-state index contributed by atoms with van der Waals surface area (Å²) in [6.07, 6.45) is 0. The van der Waals surface area contributed by atoms with Crippen LogP contribution in [0.3, 0.4) is 0 Å². The molecule has 1 amide bonds. The van der Waals surface area contributed by atoms with Gasteiger partial charge in [0, 0.05) is 15.7 Å². The number of pyridine rings is 1. The highest BCUT2D eigenvalue weighted by Gasteiger charge is 2.08. The monoisotopic (exact) mass is 319 g/mol. The summed E-state index contributed by atoms with van der Waals surface area (Å²) in [7, 11) is 0. The van der Waals surface area contributed by atoms with Crippen LogP contribution in [0.1, 0.15) is 21.6 Å². The van der Waals surface area contributed by atoms with Crippen LogP contribution in [0.15, 0.2) is 34.8 Å². The Bertz CT molecular complexity index is 641. The zero-order valence-electron chi connectivity index (χ0n) is 10.7. The number of benzene rings is 1. The Morgan fingerprint density at radius 2 is 2.00 bits per heavy atom. The van der Waals surface area contributed by atoms with Crippen LogP contribution in [0, 0.1) is 13.8 Å². The minimum atomic E-state index is -0.221. The van der Waals surface area contributed by atoms with E-state index in [1.165, 1.54) is 0 Å². The summed E-state index contributed by atoms with van der Waals surface area (Å²) >= 11 is 3.37. The number of aryl methyl sites for hydroxylation is 2. The van der Waals surface area contributed by atoms with Crippen molar-refractivity contribution in [1.82, 2.24) is 4.98 Å². The molecule has 0 radical (unpaired) electrons. The summed E-state index contributed by atoms with van der Waals surface area (Å²) in [5, 5.41) is 2.75. The Balaban J connectivity index is 2.20. The molecule has 0 unspecified atom stereocenters. The van der Waals surface area contributed by atoms with E-state index in [1.807, 2.05) is 26.0 Å². The third-order valence-corrected chi connectivity index (χ3v) is 3.64. The zero-order valence-corrected chi connectivity index (χ0v) is 12.3. The second-order valence-electron chi connectivity index (χ2n) is 4.29. The van der Waals surface area contributed by atoms with E-state index >= 15 is 0 Å². The van der Waals surface area contributed by atoms with Crippen LogP contribution < -0.4 is 11.1 Å². The molecule has 98 valence electrons. The molecular formula is C14H14BrN3O. The average Bonchev–Trinajstić information content (AvgIpc) is 2.37. The Morgan fingerprint density at radius 1 is 1.26 bits per heavy atom. The fourth-order valence-electron chi connectivity index (χ4n) is 1.58.